The minimum atomic E-state index is 0.128. The topological polar surface area (TPSA) is 32.3 Å². The molecule has 1 aliphatic heterocycles. The summed E-state index contributed by atoms with van der Waals surface area (Å²) in [5.41, 5.74) is 2.41. The van der Waals surface area contributed by atoms with E-state index in [1.165, 1.54) is 5.56 Å². The maximum Gasteiger partial charge on any atom is 0.246 e. The summed E-state index contributed by atoms with van der Waals surface area (Å²) in [5, 5.41) is 3.34. The van der Waals surface area contributed by atoms with E-state index in [2.05, 4.69) is 50.4 Å². The molecule has 0 spiro atoms. The van der Waals surface area contributed by atoms with Crippen LogP contribution in [0, 0.1) is 0 Å². The zero-order valence-electron chi connectivity index (χ0n) is 14.0. The Bertz CT molecular complexity index is 499. The lowest BCUT2D eigenvalue weighted by Crippen LogP contribution is -2.41. The van der Waals surface area contributed by atoms with Gasteiger partial charge in [-0.1, -0.05) is 45.0 Å². The van der Waals surface area contributed by atoms with Gasteiger partial charge in [0.15, 0.2) is 0 Å². The SMILES string of the molecule is CCCN(C(=O)/C=C/c1ccc(C(C)C)cc1)C1CCNC1. The standard InChI is InChI=1S/C19H28N2O/c1-4-13-21(18-11-12-20-14-18)19(22)10-7-16-5-8-17(9-6-16)15(2)3/h5-10,15,18,20H,4,11-14H2,1-3H3/b10-7+. The fourth-order valence-corrected chi connectivity index (χ4v) is 2.87. The third kappa shape index (κ3) is 4.44. The minimum absolute atomic E-state index is 0.128. The summed E-state index contributed by atoms with van der Waals surface area (Å²) in [7, 11) is 0. The van der Waals surface area contributed by atoms with E-state index in [1.54, 1.807) is 6.08 Å². The maximum atomic E-state index is 12.5. The fraction of sp³-hybridized carbons (Fsp3) is 0.526. The molecule has 1 aliphatic rings. The molecule has 0 radical (unpaired) electrons. The van der Waals surface area contributed by atoms with Crippen LogP contribution in [0.1, 0.15) is 50.7 Å². The number of carbonyl (C=O) groups is 1. The van der Waals surface area contributed by atoms with E-state index >= 15 is 0 Å². The third-order valence-electron chi connectivity index (χ3n) is 4.24. The third-order valence-corrected chi connectivity index (χ3v) is 4.24. The minimum Gasteiger partial charge on any atom is -0.335 e. The average Bonchev–Trinajstić information content (AvgIpc) is 3.04. The van der Waals surface area contributed by atoms with Crippen molar-refractivity contribution in [3.8, 4) is 0 Å². The number of amides is 1. The predicted molar refractivity (Wildman–Crippen MR) is 92.8 cm³/mol. The van der Waals surface area contributed by atoms with Crippen molar-refractivity contribution < 1.29 is 4.79 Å². The van der Waals surface area contributed by atoms with Crippen molar-refractivity contribution in [2.24, 2.45) is 0 Å². The summed E-state index contributed by atoms with van der Waals surface area (Å²) < 4.78 is 0. The number of nitrogens with zero attached hydrogens (tertiary/aromatic N) is 1. The van der Waals surface area contributed by atoms with Crippen LogP contribution < -0.4 is 5.32 Å². The Morgan fingerprint density at radius 3 is 2.64 bits per heavy atom. The molecule has 1 saturated heterocycles. The fourth-order valence-electron chi connectivity index (χ4n) is 2.87. The molecule has 22 heavy (non-hydrogen) atoms. The van der Waals surface area contributed by atoms with Crippen LogP contribution in [0.15, 0.2) is 30.3 Å². The van der Waals surface area contributed by atoms with Gasteiger partial charge in [0.1, 0.15) is 0 Å². The van der Waals surface area contributed by atoms with Gasteiger partial charge in [-0.05, 0) is 42.5 Å². The first kappa shape index (κ1) is 16.8. The summed E-state index contributed by atoms with van der Waals surface area (Å²) in [4.78, 5) is 14.5. The lowest BCUT2D eigenvalue weighted by molar-refractivity contribution is -0.127. The lowest BCUT2D eigenvalue weighted by atomic mass is 10.0. The highest BCUT2D eigenvalue weighted by Crippen LogP contribution is 2.16. The molecule has 1 fully saturated rings. The summed E-state index contributed by atoms with van der Waals surface area (Å²) >= 11 is 0. The largest absolute Gasteiger partial charge is 0.335 e. The number of nitrogens with one attached hydrogen (secondary N) is 1. The Kier molecular flexibility index (Phi) is 6.20. The maximum absolute atomic E-state index is 12.5. The van der Waals surface area contributed by atoms with Gasteiger partial charge in [0.2, 0.25) is 5.91 Å². The van der Waals surface area contributed by atoms with Crippen molar-refractivity contribution in [3.63, 3.8) is 0 Å². The van der Waals surface area contributed by atoms with Gasteiger partial charge in [0, 0.05) is 25.2 Å². The van der Waals surface area contributed by atoms with E-state index in [-0.39, 0.29) is 5.91 Å². The molecule has 1 heterocycles. The van der Waals surface area contributed by atoms with Crippen molar-refractivity contribution in [1.82, 2.24) is 10.2 Å². The number of hydrogen-bond acceptors (Lipinski definition) is 2. The molecular weight excluding hydrogens is 272 g/mol. The lowest BCUT2D eigenvalue weighted by Gasteiger charge is -2.27. The number of hydrogen-bond donors (Lipinski definition) is 1. The second-order valence-corrected chi connectivity index (χ2v) is 6.33. The molecule has 3 nitrogen and oxygen atoms in total. The molecule has 120 valence electrons. The molecule has 1 aromatic carbocycles. The van der Waals surface area contributed by atoms with Crippen molar-refractivity contribution >= 4 is 12.0 Å². The van der Waals surface area contributed by atoms with E-state index < -0.39 is 0 Å². The quantitative estimate of drug-likeness (QED) is 0.816. The number of benzene rings is 1. The molecule has 0 saturated carbocycles. The Morgan fingerprint density at radius 2 is 2.09 bits per heavy atom. The molecule has 0 bridgehead atoms. The van der Waals surface area contributed by atoms with Crippen LogP contribution in [0.5, 0.6) is 0 Å². The summed E-state index contributed by atoms with van der Waals surface area (Å²) in [5.74, 6) is 0.665. The van der Waals surface area contributed by atoms with E-state index in [0.29, 0.717) is 12.0 Å². The Hall–Kier alpha value is -1.61. The molecular formula is C19H28N2O. The second-order valence-electron chi connectivity index (χ2n) is 6.33. The molecule has 3 heteroatoms. The Morgan fingerprint density at radius 1 is 1.36 bits per heavy atom. The molecule has 1 aromatic rings. The first-order valence-electron chi connectivity index (χ1n) is 8.41. The predicted octanol–water partition coefficient (Wildman–Crippen LogP) is 3.42. The highest BCUT2D eigenvalue weighted by molar-refractivity contribution is 5.92. The van der Waals surface area contributed by atoms with Crippen molar-refractivity contribution in [1.29, 1.82) is 0 Å². The molecule has 1 N–H and O–H groups in total. The molecule has 1 atom stereocenters. The van der Waals surface area contributed by atoms with Gasteiger partial charge in [0.05, 0.1) is 0 Å². The number of rotatable bonds is 6. The monoisotopic (exact) mass is 300 g/mol. The van der Waals surface area contributed by atoms with E-state index in [9.17, 15) is 4.79 Å². The van der Waals surface area contributed by atoms with Crippen LogP contribution in [-0.4, -0.2) is 36.5 Å². The molecule has 1 unspecified atom stereocenters. The summed E-state index contributed by atoms with van der Waals surface area (Å²) in [6.07, 6.45) is 5.71. The molecule has 1 amide bonds. The second kappa shape index (κ2) is 8.14. The van der Waals surface area contributed by atoms with E-state index in [4.69, 9.17) is 0 Å². The van der Waals surface area contributed by atoms with E-state index in [0.717, 1.165) is 38.0 Å². The van der Waals surface area contributed by atoms with Gasteiger partial charge in [-0.15, -0.1) is 0 Å². The molecule has 2 rings (SSSR count). The van der Waals surface area contributed by atoms with Crippen molar-refractivity contribution in [2.45, 2.75) is 45.6 Å². The first-order chi connectivity index (χ1) is 10.6. The van der Waals surface area contributed by atoms with Crippen LogP contribution in [0.3, 0.4) is 0 Å². The van der Waals surface area contributed by atoms with Gasteiger partial charge in [-0.2, -0.15) is 0 Å². The van der Waals surface area contributed by atoms with Gasteiger partial charge >= 0.3 is 0 Å². The van der Waals surface area contributed by atoms with Crippen molar-refractivity contribution in [3.05, 3.63) is 41.5 Å². The highest BCUT2D eigenvalue weighted by atomic mass is 16.2. The van der Waals surface area contributed by atoms with Crippen LogP contribution in [0.25, 0.3) is 6.08 Å². The van der Waals surface area contributed by atoms with Crippen LogP contribution in [-0.2, 0) is 4.79 Å². The molecule has 0 aliphatic carbocycles. The van der Waals surface area contributed by atoms with Gasteiger partial charge in [-0.25, -0.2) is 0 Å². The normalized spacial score (nSPS) is 18.3. The first-order valence-corrected chi connectivity index (χ1v) is 8.41. The van der Waals surface area contributed by atoms with Gasteiger partial charge < -0.3 is 10.2 Å². The highest BCUT2D eigenvalue weighted by Gasteiger charge is 2.24. The van der Waals surface area contributed by atoms with E-state index in [1.807, 2.05) is 11.0 Å². The van der Waals surface area contributed by atoms with Crippen LogP contribution in [0.2, 0.25) is 0 Å². The molecule has 0 aromatic heterocycles. The van der Waals surface area contributed by atoms with Crippen molar-refractivity contribution in [2.75, 3.05) is 19.6 Å². The van der Waals surface area contributed by atoms with Gasteiger partial charge in [-0.3, -0.25) is 4.79 Å². The summed E-state index contributed by atoms with van der Waals surface area (Å²) in [6, 6.07) is 8.79. The summed E-state index contributed by atoms with van der Waals surface area (Å²) in [6.45, 7) is 9.26. The number of carbonyl (C=O) groups excluding carboxylic acids is 1. The Labute approximate surface area is 134 Å². The van der Waals surface area contributed by atoms with Crippen LogP contribution >= 0.6 is 0 Å². The Balaban J connectivity index is 2.01. The average molecular weight is 300 g/mol. The smallest absolute Gasteiger partial charge is 0.246 e. The zero-order valence-corrected chi connectivity index (χ0v) is 14.0. The zero-order chi connectivity index (χ0) is 15.9. The van der Waals surface area contributed by atoms with Gasteiger partial charge in [0.25, 0.3) is 0 Å². The van der Waals surface area contributed by atoms with Crippen LogP contribution in [0.4, 0.5) is 0 Å².